The molecule has 0 spiro atoms. The highest BCUT2D eigenvalue weighted by molar-refractivity contribution is 4.83. The van der Waals surface area contributed by atoms with Gasteiger partial charge in [-0.15, -0.1) is 0 Å². The molecule has 0 amide bonds. The van der Waals surface area contributed by atoms with Crippen LogP contribution in [0.15, 0.2) is 0 Å². The lowest BCUT2D eigenvalue weighted by Gasteiger charge is -2.25. The van der Waals surface area contributed by atoms with E-state index in [-0.39, 0.29) is 6.54 Å². The molecule has 0 aromatic carbocycles. The van der Waals surface area contributed by atoms with Crippen molar-refractivity contribution in [3.63, 3.8) is 0 Å². The van der Waals surface area contributed by atoms with Crippen LogP contribution in [0.1, 0.15) is 0 Å². The average Bonchev–Trinajstić information content (AvgIpc) is 2.18. The smallest absolute Gasteiger partial charge is 0.119 e. The lowest BCUT2D eigenvalue weighted by molar-refractivity contribution is -0.0691. The van der Waals surface area contributed by atoms with Gasteiger partial charge in [0.2, 0.25) is 0 Å². The predicted molar refractivity (Wildman–Crippen MR) is 42.1 cm³/mol. The molecule has 6 heteroatoms. The van der Waals surface area contributed by atoms with E-state index in [4.69, 9.17) is 13.0 Å². The topological polar surface area (TPSA) is 133 Å². The molecule has 4 atom stereocenters. The quantitative estimate of drug-likeness (QED) is 0.240. The maximum Gasteiger partial charge on any atom is 0.119 e. The van der Waals surface area contributed by atoms with Crippen LogP contribution < -0.4 is 11.5 Å². The SMILES string of the molecule is [2H]NC[C@H](O)[C@@H](O)[C@H](O)[C@@H](CO)N[2H]. The highest BCUT2D eigenvalue weighted by Gasteiger charge is 2.27. The zero-order chi connectivity index (χ0) is 11.1. The van der Waals surface area contributed by atoms with Crippen LogP contribution in [0, 0.1) is 0 Å². The van der Waals surface area contributed by atoms with Gasteiger partial charge in [-0.2, -0.15) is 0 Å². The molecule has 0 aromatic heterocycles. The second-order valence-electron chi connectivity index (χ2n) is 2.54. The number of aliphatic hydroxyl groups is 4. The fourth-order valence-electron chi connectivity index (χ4n) is 0.694. The monoisotopic (exact) mass is 182 g/mol. The predicted octanol–water partition coefficient (Wildman–Crippen LogP) is -3.65. The summed E-state index contributed by atoms with van der Waals surface area (Å²) in [6, 6.07) is -1.04. The zero-order valence-corrected chi connectivity index (χ0v) is 6.51. The van der Waals surface area contributed by atoms with Crippen LogP contribution in [0.2, 0.25) is 2.82 Å². The van der Waals surface area contributed by atoms with Crippen LogP contribution in [0.3, 0.4) is 0 Å². The third-order valence-corrected chi connectivity index (χ3v) is 1.56. The molecule has 74 valence electrons. The van der Waals surface area contributed by atoms with Crippen molar-refractivity contribution in [3.8, 4) is 0 Å². The van der Waals surface area contributed by atoms with E-state index in [1.807, 2.05) is 11.5 Å². The van der Waals surface area contributed by atoms with Crippen molar-refractivity contribution in [1.82, 2.24) is 0 Å². The van der Waals surface area contributed by atoms with Crippen LogP contribution in [-0.4, -0.2) is 57.9 Å². The summed E-state index contributed by atoms with van der Waals surface area (Å²) in [6.07, 6.45) is -4.33. The summed E-state index contributed by atoms with van der Waals surface area (Å²) in [5, 5.41) is 36.5. The Morgan fingerprint density at radius 1 is 1.25 bits per heavy atom. The highest BCUT2D eigenvalue weighted by Crippen LogP contribution is 2.02. The van der Waals surface area contributed by atoms with Crippen molar-refractivity contribution >= 4 is 0 Å². The Labute approximate surface area is 73.3 Å². The van der Waals surface area contributed by atoms with Gasteiger partial charge in [-0.25, -0.2) is 0 Å². The van der Waals surface area contributed by atoms with Crippen LogP contribution in [0.5, 0.6) is 0 Å². The molecular weight excluding hydrogens is 164 g/mol. The minimum absolute atomic E-state index is 0.214. The van der Waals surface area contributed by atoms with E-state index in [2.05, 4.69) is 0 Å². The minimum Gasteiger partial charge on any atom is -0.395 e. The Balaban J connectivity index is 4.13. The average molecular weight is 182 g/mol. The Morgan fingerprint density at radius 2 is 1.92 bits per heavy atom. The van der Waals surface area contributed by atoms with Crippen molar-refractivity contribution in [2.24, 2.45) is 11.5 Å². The van der Waals surface area contributed by atoms with E-state index in [1.165, 1.54) is 0 Å². The van der Waals surface area contributed by atoms with Gasteiger partial charge in [0, 0.05) is 6.54 Å². The van der Waals surface area contributed by atoms with Crippen molar-refractivity contribution in [1.29, 1.82) is 0 Å². The Hall–Kier alpha value is -0.240. The second-order valence-corrected chi connectivity index (χ2v) is 2.54. The van der Waals surface area contributed by atoms with Crippen LogP contribution >= 0.6 is 0 Å². The van der Waals surface area contributed by atoms with E-state index in [1.54, 1.807) is 0 Å². The van der Waals surface area contributed by atoms with Gasteiger partial charge in [-0.3, -0.25) is 0 Å². The van der Waals surface area contributed by atoms with Gasteiger partial charge in [0.15, 0.2) is 0 Å². The molecule has 0 aliphatic carbocycles. The normalized spacial score (nSPS) is 23.7. The number of nitrogens with two attached hydrogens (primary N) is 2. The molecule has 12 heavy (non-hydrogen) atoms. The standard InChI is InChI=1S/C6H16N2O4/c7-1-4(10)6(12)5(11)3(8)2-9/h3-6,9-12H,1-2,7-8H2/t3-,4+,5-,6-/m1/s1/i/hD2. The molecule has 0 heterocycles. The highest BCUT2D eigenvalue weighted by atomic mass is 16.4. The molecular formula is C6H16N2O4. The summed E-state index contributed by atoms with van der Waals surface area (Å²) >= 11 is 0. The first-order chi connectivity index (χ1) is 6.58. The summed E-state index contributed by atoms with van der Waals surface area (Å²) in [7, 11) is 0. The molecule has 8 N–H and O–H groups in total. The Bertz CT molecular complexity index is 150. The molecule has 0 aliphatic heterocycles. The van der Waals surface area contributed by atoms with Crippen molar-refractivity contribution in [3.05, 3.63) is 0 Å². The largest absolute Gasteiger partial charge is 0.395 e. The third-order valence-electron chi connectivity index (χ3n) is 1.56. The molecule has 0 radical (unpaired) electrons. The van der Waals surface area contributed by atoms with E-state index in [0.717, 1.165) is 0 Å². The number of hydrogen-bond acceptors (Lipinski definition) is 6. The maximum absolute atomic E-state index is 9.33. The number of rotatable bonds is 7. The first-order valence-electron chi connectivity index (χ1n) is 4.55. The molecule has 0 saturated heterocycles. The van der Waals surface area contributed by atoms with Crippen molar-refractivity contribution in [2.45, 2.75) is 24.4 Å². The minimum atomic E-state index is -1.53. The van der Waals surface area contributed by atoms with Gasteiger partial charge in [0.05, 0.1) is 24.9 Å². The van der Waals surface area contributed by atoms with E-state index in [0.29, 0.717) is 0 Å². The summed E-state index contributed by atoms with van der Waals surface area (Å²) in [5.74, 6) is 0. The van der Waals surface area contributed by atoms with Crippen LogP contribution in [-0.2, 0) is 0 Å². The van der Waals surface area contributed by atoms with Crippen molar-refractivity contribution in [2.75, 3.05) is 13.2 Å². The molecule has 0 saturated carbocycles. The summed E-state index contributed by atoms with van der Waals surface area (Å²) in [4.78, 5) is 0. The molecule has 0 rings (SSSR count). The molecule has 6 nitrogen and oxygen atoms in total. The van der Waals surface area contributed by atoms with Crippen molar-refractivity contribution < 1.29 is 23.2 Å². The fourth-order valence-corrected chi connectivity index (χ4v) is 0.694. The van der Waals surface area contributed by atoms with Gasteiger partial charge in [-0.05, 0) is 0 Å². The summed E-state index contributed by atoms with van der Waals surface area (Å²) in [6.45, 7) is -0.753. The zero-order valence-electron chi connectivity index (χ0n) is 8.51. The van der Waals surface area contributed by atoms with E-state index in [9.17, 15) is 10.2 Å². The van der Waals surface area contributed by atoms with Gasteiger partial charge in [0.25, 0.3) is 0 Å². The van der Waals surface area contributed by atoms with Gasteiger partial charge in [0.1, 0.15) is 8.93 Å². The maximum atomic E-state index is 9.33. The third kappa shape index (κ3) is 3.02. The molecule has 0 bridgehead atoms. The van der Waals surface area contributed by atoms with E-state index >= 15 is 0 Å². The van der Waals surface area contributed by atoms with Crippen LogP contribution in [0.25, 0.3) is 0 Å². The van der Waals surface area contributed by atoms with E-state index < -0.39 is 31.0 Å². The summed E-state index contributed by atoms with van der Waals surface area (Å²) in [5.41, 5.74) is 3.72. The number of hydrogen-bond donors (Lipinski definition) is 6. The fraction of sp³-hybridized carbons (Fsp3) is 1.00. The number of aliphatic hydroxyl groups excluding tert-OH is 4. The van der Waals surface area contributed by atoms with Gasteiger partial charge >= 0.3 is 0 Å². The molecule has 0 aliphatic rings. The molecule has 0 fully saturated rings. The van der Waals surface area contributed by atoms with Gasteiger partial charge in [-0.1, -0.05) is 0 Å². The van der Waals surface area contributed by atoms with Gasteiger partial charge < -0.3 is 31.9 Å². The Morgan fingerprint density at radius 3 is 2.33 bits per heavy atom. The lowest BCUT2D eigenvalue weighted by Crippen LogP contribution is -2.51. The molecule has 0 aromatic rings. The second kappa shape index (κ2) is 5.41. The first-order valence-corrected chi connectivity index (χ1v) is 3.55. The molecule has 0 unspecified atom stereocenters. The lowest BCUT2D eigenvalue weighted by atomic mass is 10.0. The van der Waals surface area contributed by atoms with Crippen LogP contribution in [0.4, 0.5) is 0 Å². The summed E-state index contributed by atoms with van der Waals surface area (Å²) < 4.78 is 13.3. The first kappa shape index (κ1) is 8.36. The Kier molecular flexibility index (Phi) is 3.77.